The van der Waals surface area contributed by atoms with E-state index >= 15 is 0 Å². The summed E-state index contributed by atoms with van der Waals surface area (Å²) < 4.78 is 8.12. The van der Waals surface area contributed by atoms with E-state index in [2.05, 4.69) is 14.5 Å². The van der Waals surface area contributed by atoms with Crippen molar-refractivity contribution in [1.82, 2.24) is 14.5 Å². The molecule has 1 aliphatic heterocycles. The van der Waals surface area contributed by atoms with Crippen molar-refractivity contribution >= 4 is 46.5 Å². The third-order valence-electron chi connectivity index (χ3n) is 3.56. The van der Waals surface area contributed by atoms with Crippen molar-refractivity contribution in [3.05, 3.63) is 26.9 Å². The molecule has 0 amide bonds. The second kappa shape index (κ2) is 6.03. The first-order chi connectivity index (χ1) is 9.65. The molecule has 0 atom stereocenters. The van der Waals surface area contributed by atoms with Crippen molar-refractivity contribution in [2.75, 3.05) is 32.8 Å². The Morgan fingerprint density at radius 2 is 1.85 bits per heavy atom. The fourth-order valence-corrected chi connectivity index (χ4v) is 3.06. The number of aromatic nitrogens is 2. The zero-order chi connectivity index (χ0) is 14.1. The Morgan fingerprint density at radius 3 is 2.60 bits per heavy atom. The number of hydrogen-bond donors (Lipinski definition) is 1. The minimum absolute atomic E-state index is 0.538. The molecule has 0 radical (unpaired) electrons. The van der Waals surface area contributed by atoms with Gasteiger partial charge in [0.15, 0.2) is 4.77 Å². The summed E-state index contributed by atoms with van der Waals surface area (Å²) in [6.07, 6.45) is 0. The molecule has 7 heteroatoms. The highest BCUT2D eigenvalue weighted by molar-refractivity contribution is 7.71. The number of fused-ring (bicyclic) bond motifs is 1. The average Bonchev–Trinajstić information content (AvgIpc) is 2.73. The SMILES string of the molecule is S=c1[nH]c2cc(Cl)c(Cl)cc2n1CCN1CCOCC1. The first kappa shape index (κ1) is 14.4. The predicted octanol–water partition coefficient (Wildman–Crippen LogP) is 3.34. The molecule has 1 aliphatic rings. The summed E-state index contributed by atoms with van der Waals surface area (Å²) in [4.78, 5) is 5.55. The zero-order valence-corrected chi connectivity index (χ0v) is 13.2. The Bertz CT molecular complexity index is 676. The summed E-state index contributed by atoms with van der Waals surface area (Å²) in [7, 11) is 0. The molecule has 1 aromatic carbocycles. The van der Waals surface area contributed by atoms with Gasteiger partial charge in [-0.05, 0) is 24.4 Å². The maximum atomic E-state index is 6.10. The van der Waals surface area contributed by atoms with Gasteiger partial charge in [-0.15, -0.1) is 0 Å². The van der Waals surface area contributed by atoms with Crippen LogP contribution in [0.3, 0.4) is 0 Å². The summed E-state index contributed by atoms with van der Waals surface area (Å²) in [6.45, 7) is 5.34. The Morgan fingerprint density at radius 1 is 1.15 bits per heavy atom. The van der Waals surface area contributed by atoms with Crippen LogP contribution in [0.4, 0.5) is 0 Å². The summed E-state index contributed by atoms with van der Waals surface area (Å²) in [5.74, 6) is 0. The molecule has 1 fully saturated rings. The number of nitrogens with one attached hydrogen (secondary N) is 1. The summed E-state index contributed by atoms with van der Waals surface area (Å²) in [6, 6.07) is 3.69. The normalized spacial score (nSPS) is 16.9. The second-order valence-electron chi connectivity index (χ2n) is 4.82. The van der Waals surface area contributed by atoms with Gasteiger partial charge >= 0.3 is 0 Å². The molecule has 4 nitrogen and oxygen atoms in total. The van der Waals surface area contributed by atoms with Crippen molar-refractivity contribution in [3.63, 3.8) is 0 Å². The van der Waals surface area contributed by atoms with Crippen LogP contribution in [0.15, 0.2) is 12.1 Å². The molecular formula is C13H15Cl2N3OS. The average molecular weight is 332 g/mol. The number of imidazole rings is 1. The Balaban J connectivity index is 1.85. The van der Waals surface area contributed by atoms with Crippen molar-refractivity contribution < 1.29 is 4.74 Å². The van der Waals surface area contributed by atoms with E-state index in [1.54, 1.807) is 0 Å². The van der Waals surface area contributed by atoms with Gasteiger partial charge in [0, 0.05) is 26.2 Å². The number of H-pyrrole nitrogens is 1. The number of morpholine rings is 1. The van der Waals surface area contributed by atoms with Gasteiger partial charge in [0.1, 0.15) is 0 Å². The van der Waals surface area contributed by atoms with Gasteiger partial charge in [-0.25, -0.2) is 0 Å². The standard InChI is InChI=1S/C13H15Cl2N3OS/c14-9-7-11-12(8-10(9)15)18(13(20)16-11)2-1-17-3-5-19-6-4-17/h7-8H,1-6H2,(H,16,20). The summed E-state index contributed by atoms with van der Waals surface area (Å²) in [5, 5.41) is 1.09. The van der Waals surface area contributed by atoms with Crippen molar-refractivity contribution in [2.24, 2.45) is 0 Å². The van der Waals surface area contributed by atoms with Crippen LogP contribution in [0.1, 0.15) is 0 Å². The zero-order valence-electron chi connectivity index (χ0n) is 10.9. The van der Waals surface area contributed by atoms with E-state index in [-0.39, 0.29) is 0 Å². The maximum absolute atomic E-state index is 6.10. The third kappa shape index (κ3) is 2.87. The highest BCUT2D eigenvalue weighted by Crippen LogP contribution is 2.27. The van der Waals surface area contributed by atoms with Gasteiger partial charge in [-0.3, -0.25) is 4.90 Å². The van der Waals surface area contributed by atoms with E-state index < -0.39 is 0 Å². The van der Waals surface area contributed by atoms with Gasteiger partial charge < -0.3 is 14.3 Å². The van der Waals surface area contributed by atoms with Crippen LogP contribution in [0.2, 0.25) is 10.0 Å². The molecule has 0 spiro atoms. The maximum Gasteiger partial charge on any atom is 0.178 e. The molecule has 108 valence electrons. The first-order valence-corrected chi connectivity index (χ1v) is 7.69. The van der Waals surface area contributed by atoms with Crippen LogP contribution < -0.4 is 0 Å². The van der Waals surface area contributed by atoms with Crippen LogP contribution in [-0.4, -0.2) is 47.3 Å². The molecule has 1 aromatic heterocycles. The smallest absolute Gasteiger partial charge is 0.178 e. The number of hydrogen-bond acceptors (Lipinski definition) is 3. The first-order valence-electron chi connectivity index (χ1n) is 6.53. The summed E-state index contributed by atoms with van der Waals surface area (Å²) in [5.41, 5.74) is 1.92. The molecule has 0 saturated carbocycles. The fraction of sp³-hybridized carbons (Fsp3) is 0.462. The third-order valence-corrected chi connectivity index (χ3v) is 4.60. The lowest BCUT2D eigenvalue weighted by atomic mass is 10.3. The van der Waals surface area contributed by atoms with Crippen LogP contribution in [0, 0.1) is 4.77 Å². The van der Waals surface area contributed by atoms with Gasteiger partial charge in [0.05, 0.1) is 34.3 Å². The minimum atomic E-state index is 0.538. The fourth-order valence-electron chi connectivity index (χ4n) is 2.44. The molecule has 0 aliphatic carbocycles. The van der Waals surface area contributed by atoms with Crippen LogP contribution >= 0.6 is 35.4 Å². The van der Waals surface area contributed by atoms with E-state index in [9.17, 15) is 0 Å². The molecule has 3 rings (SSSR count). The van der Waals surface area contributed by atoms with Crippen LogP contribution in [-0.2, 0) is 11.3 Å². The Hall–Kier alpha value is -0.590. The number of benzene rings is 1. The molecule has 0 bridgehead atoms. The Labute approximate surface area is 132 Å². The molecule has 1 N–H and O–H groups in total. The highest BCUT2D eigenvalue weighted by Gasteiger charge is 2.12. The van der Waals surface area contributed by atoms with E-state index in [0.717, 1.165) is 50.4 Å². The number of aromatic amines is 1. The monoisotopic (exact) mass is 331 g/mol. The van der Waals surface area contributed by atoms with Crippen molar-refractivity contribution in [1.29, 1.82) is 0 Å². The van der Waals surface area contributed by atoms with Crippen LogP contribution in [0.5, 0.6) is 0 Å². The molecule has 2 aromatic rings. The summed E-state index contributed by atoms with van der Waals surface area (Å²) >= 11 is 17.5. The quantitative estimate of drug-likeness (QED) is 0.875. The van der Waals surface area contributed by atoms with E-state index in [1.807, 2.05) is 12.1 Å². The van der Waals surface area contributed by atoms with E-state index in [4.69, 9.17) is 40.2 Å². The van der Waals surface area contributed by atoms with E-state index in [1.165, 1.54) is 0 Å². The minimum Gasteiger partial charge on any atom is -0.379 e. The van der Waals surface area contributed by atoms with Gasteiger partial charge in [0.25, 0.3) is 0 Å². The van der Waals surface area contributed by atoms with Crippen molar-refractivity contribution in [3.8, 4) is 0 Å². The molecule has 2 heterocycles. The largest absolute Gasteiger partial charge is 0.379 e. The van der Waals surface area contributed by atoms with Gasteiger partial charge in [0.2, 0.25) is 0 Å². The number of ether oxygens (including phenoxy) is 1. The predicted molar refractivity (Wildman–Crippen MR) is 84.4 cm³/mol. The number of halogens is 2. The van der Waals surface area contributed by atoms with Gasteiger partial charge in [-0.1, -0.05) is 23.2 Å². The number of nitrogens with zero attached hydrogens (tertiary/aromatic N) is 2. The van der Waals surface area contributed by atoms with Crippen molar-refractivity contribution in [2.45, 2.75) is 6.54 Å². The van der Waals surface area contributed by atoms with Gasteiger partial charge in [-0.2, -0.15) is 0 Å². The van der Waals surface area contributed by atoms with E-state index in [0.29, 0.717) is 14.8 Å². The second-order valence-corrected chi connectivity index (χ2v) is 6.02. The lowest BCUT2D eigenvalue weighted by molar-refractivity contribution is 0.0365. The molecule has 20 heavy (non-hydrogen) atoms. The highest BCUT2D eigenvalue weighted by atomic mass is 35.5. The lowest BCUT2D eigenvalue weighted by Crippen LogP contribution is -2.38. The number of rotatable bonds is 3. The topological polar surface area (TPSA) is 33.2 Å². The molecular weight excluding hydrogens is 317 g/mol. The molecule has 1 saturated heterocycles. The Kier molecular flexibility index (Phi) is 4.33. The lowest BCUT2D eigenvalue weighted by Gasteiger charge is -2.26. The molecule has 0 unspecified atom stereocenters. The van der Waals surface area contributed by atoms with Crippen LogP contribution in [0.25, 0.3) is 11.0 Å².